The Morgan fingerprint density at radius 3 is 2.20 bits per heavy atom. The maximum atomic E-state index is 13.3. The van der Waals surface area contributed by atoms with Gasteiger partial charge in [0.05, 0.1) is 21.2 Å². The van der Waals surface area contributed by atoms with Gasteiger partial charge in [-0.1, -0.05) is 48.3 Å². The van der Waals surface area contributed by atoms with Crippen molar-refractivity contribution in [2.75, 3.05) is 6.54 Å². The third-order valence-electron chi connectivity index (χ3n) is 6.16. The van der Waals surface area contributed by atoms with Gasteiger partial charge < -0.3 is 10.2 Å². The number of hydrogen-bond donors (Lipinski definition) is 1. The summed E-state index contributed by atoms with van der Waals surface area (Å²) in [7, 11) is 0. The van der Waals surface area contributed by atoms with Crippen LogP contribution in [0.4, 0.5) is 0 Å². The number of imide groups is 1. The molecule has 4 amide bonds. The van der Waals surface area contributed by atoms with E-state index in [1.807, 2.05) is 13.8 Å². The fraction of sp³-hybridized carbons (Fsp3) is 0.385. The van der Waals surface area contributed by atoms with Crippen molar-refractivity contribution in [3.05, 3.63) is 69.2 Å². The molecule has 0 spiro atoms. The van der Waals surface area contributed by atoms with Gasteiger partial charge in [0.15, 0.2) is 0 Å². The molecule has 2 aromatic carbocycles. The number of carbonyl (C=O) groups is 4. The van der Waals surface area contributed by atoms with Gasteiger partial charge in [-0.05, 0) is 56.5 Å². The molecular weight excluding hydrogens is 489 g/mol. The molecule has 0 saturated carbocycles. The fourth-order valence-electron chi connectivity index (χ4n) is 3.86. The van der Waals surface area contributed by atoms with Gasteiger partial charge in [-0.25, -0.2) is 0 Å². The Balaban J connectivity index is 1.69. The molecule has 3 rings (SSSR count). The maximum Gasteiger partial charge on any atom is 0.261 e. The second kappa shape index (κ2) is 11.7. The summed E-state index contributed by atoms with van der Waals surface area (Å²) in [4.78, 5) is 53.9. The highest BCUT2D eigenvalue weighted by Gasteiger charge is 2.35. The molecule has 186 valence electrons. The summed E-state index contributed by atoms with van der Waals surface area (Å²) in [6.45, 7) is 5.83. The Hall–Kier alpha value is -2.90. The number of benzene rings is 2. The van der Waals surface area contributed by atoms with Crippen LogP contribution in [-0.2, 0) is 16.1 Å². The highest BCUT2D eigenvalue weighted by atomic mass is 35.5. The second-order valence-corrected chi connectivity index (χ2v) is 9.49. The normalized spacial score (nSPS) is 14.5. The number of fused-ring (bicyclic) bond motifs is 1. The lowest BCUT2D eigenvalue weighted by molar-refractivity contribution is -0.141. The molecule has 2 aromatic rings. The maximum absolute atomic E-state index is 13.3. The number of rotatable bonds is 10. The molecule has 1 N–H and O–H groups in total. The quantitative estimate of drug-likeness (QED) is 0.462. The van der Waals surface area contributed by atoms with E-state index in [1.54, 1.807) is 49.4 Å². The standard InChI is InChI=1S/C26H29Cl2N3O4/c1-4-16(2)29-24(33)17(3)31(15-18-11-12-21(27)22(28)14-18)23(32)10-7-13-30-25(34)19-8-5-6-9-20(19)26(30)35/h5-6,8-9,11-12,14,16-17H,4,7,10,13,15H2,1-3H3,(H,29,33). The Morgan fingerprint density at radius 2 is 1.63 bits per heavy atom. The van der Waals surface area contributed by atoms with Crippen LogP contribution in [0.1, 0.15) is 66.3 Å². The molecule has 0 aliphatic carbocycles. The zero-order valence-corrected chi connectivity index (χ0v) is 21.5. The summed E-state index contributed by atoms with van der Waals surface area (Å²) in [6.07, 6.45) is 1.11. The molecule has 35 heavy (non-hydrogen) atoms. The first-order valence-corrected chi connectivity index (χ1v) is 12.4. The summed E-state index contributed by atoms with van der Waals surface area (Å²) >= 11 is 12.2. The van der Waals surface area contributed by atoms with Crippen LogP contribution in [-0.4, -0.2) is 52.1 Å². The number of amides is 4. The minimum Gasteiger partial charge on any atom is -0.352 e. The lowest BCUT2D eigenvalue weighted by Gasteiger charge is -2.30. The first kappa shape index (κ1) is 26.7. The van der Waals surface area contributed by atoms with Crippen LogP contribution in [0.25, 0.3) is 0 Å². The van der Waals surface area contributed by atoms with Crippen molar-refractivity contribution in [1.82, 2.24) is 15.1 Å². The van der Waals surface area contributed by atoms with Crippen molar-refractivity contribution in [2.45, 2.75) is 58.7 Å². The van der Waals surface area contributed by atoms with E-state index in [0.29, 0.717) is 21.2 Å². The van der Waals surface area contributed by atoms with Gasteiger partial charge in [-0.2, -0.15) is 0 Å². The molecule has 1 aliphatic heterocycles. The van der Waals surface area contributed by atoms with Gasteiger partial charge in [0.25, 0.3) is 11.8 Å². The van der Waals surface area contributed by atoms with Crippen molar-refractivity contribution in [3.8, 4) is 0 Å². The van der Waals surface area contributed by atoms with Crippen molar-refractivity contribution in [2.24, 2.45) is 0 Å². The lowest BCUT2D eigenvalue weighted by atomic mass is 10.1. The van der Waals surface area contributed by atoms with E-state index in [9.17, 15) is 19.2 Å². The minimum atomic E-state index is -0.731. The zero-order valence-electron chi connectivity index (χ0n) is 20.0. The van der Waals surface area contributed by atoms with Crippen molar-refractivity contribution in [1.29, 1.82) is 0 Å². The molecular formula is C26H29Cl2N3O4. The summed E-state index contributed by atoms with van der Waals surface area (Å²) in [5.41, 5.74) is 1.48. The average molecular weight is 518 g/mol. The number of nitrogens with one attached hydrogen (secondary N) is 1. The molecule has 0 aromatic heterocycles. The molecule has 9 heteroatoms. The van der Waals surface area contributed by atoms with Crippen LogP contribution in [0.5, 0.6) is 0 Å². The van der Waals surface area contributed by atoms with Crippen LogP contribution in [0, 0.1) is 0 Å². The van der Waals surface area contributed by atoms with Crippen molar-refractivity contribution in [3.63, 3.8) is 0 Å². The Bertz CT molecular complexity index is 1100. The molecule has 2 unspecified atom stereocenters. The van der Waals surface area contributed by atoms with Gasteiger partial charge in [-0.15, -0.1) is 0 Å². The Kier molecular flexibility index (Phi) is 8.92. The van der Waals surface area contributed by atoms with Crippen LogP contribution in [0.15, 0.2) is 42.5 Å². The Labute approximate surface area is 215 Å². The molecule has 0 fully saturated rings. The predicted octanol–water partition coefficient (Wildman–Crippen LogP) is 4.70. The highest BCUT2D eigenvalue weighted by molar-refractivity contribution is 6.42. The number of nitrogens with zero attached hydrogens (tertiary/aromatic N) is 2. The summed E-state index contributed by atoms with van der Waals surface area (Å²) in [6, 6.07) is 11.0. The van der Waals surface area contributed by atoms with E-state index in [2.05, 4.69) is 5.32 Å². The van der Waals surface area contributed by atoms with Crippen molar-refractivity contribution < 1.29 is 19.2 Å². The third-order valence-corrected chi connectivity index (χ3v) is 6.89. The van der Waals surface area contributed by atoms with Gasteiger partial charge in [0, 0.05) is 25.6 Å². The first-order valence-electron chi connectivity index (χ1n) is 11.6. The Morgan fingerprint density at radius 1 is 1.00 bits per heavy atom. The van der Waals surface area contributed by atoms with Crippen LogP contribution in [0.3, 0.4) is 0 Å². The number of hydrogen-bond acceptors (Lipinski definition) is 4. The largest absolute Gasteiger partial charge is 0.352 e. The molecule has 0 bridgehead atoms. The van der Waals surface area contributed by atoms with E-state index in [1.165, 1.54) is 9.80 Å². The van der Waals surface area contributed by atoms with Crippen molar-refractivity contribution >= 4 is 46.8 Å². The number of halogens is 2. The first-order chi connectivity index (χ1) is 16.6. The topological polar surface area (TPSA) is 86.8 Å². The highest BCUT2D eigenvalue weighted by Crippen LogP contribution is 2.25. The summed E-state index contributed by atoms with van der Waals surface area (Å²) in [5.74, 6) is -1.23. The van der Waals surface area contributed by atoms with E-state index in [0.717, 1.165) is 12.0 Å². The average Bonchev–Trinajstić information content (AvgIpc) is 3.09. The fourth-order valence-corrected chi connectivity index (χ4v) is 4.18. The lowest BCUT2D eigenvalue weighted by Crippen LogP contribution is -2.49. The van der Waals surface area contributed by atoms with Gasteiger partial charge in [0.1, 0.15) is 6.04 Å². The number of carbonyl (C=O) groups excluding carboxylic acids is 4. The molecule has 0 radical (unpaired) electrons. The SMILES string of the molecule is CCC(C)NC(=O)C(C)N(Cc1ccc(Cl)c(Cl)c1)C(=O)CCCN1C(=O)c2ccccc2C1=O. The second-order valence-electron chi connectivity index (χ2n) is 8.68. The molecule has 0 saturated heterocycles. The van der Waals surface area contributed by atoms with Crippen LogP contribution < -0.4 is 5.32 Å². The monoisotopic (exact) mass is 517 g/mol. The molecule has 7 nitrogen and oxygen atoms in total. The molecule has 1 aliphatic rings. The molecule has 1 heterocycles. The van der Waals surface area contributed by atoms with E-state index in [4.69, 9.17) is 23.2 Å². The van der Waals surface area contributed by atoms with Crippen LogP contribution in [0.2, 0.25) is 10.0 Å². The molecule has 2 atom stereocenters. The van der Waals surface area contributed by atoms with E-state index in [-0.39, 0.29) is 55.6 Å². The van der Waals surface area contributed by atoms with E-state index < -0.39 is 6.04 Å². The van der Waals surface area contributed by atoms with Gasteiger partial charge in [-0.3, -0.25) is 24.1 Å². The van der Waals surface area contributed by atoms with Gasteiger partial charge >= 0.3 is 0 Å². The smallest absolute Gasteiger partial charge is 0.261 e. The van der Waals surface area contributed by atoms with Crippen LogP contribution >= 0.6 is 23.2 Å². The predicted molar refractivity (Wildman–Crippen MR) is 135 cm³/mol. The summed E-state index contributed by atoms with van der Waals surface area (Å²) in [5, 5.41) is 3.68. The van der Waals surface area contributed by atoms with E-state index >= 15 is 0 Å². The minimum absolute atomic E-state index is 0.0271. The zero-order chi connectivity index (χ0) is 25.7. The van der Waals surface area contributed by atoms with Gasteiger partial charge in [0.2, 0.25) is 11.8 Å². The summed E-state index contributed by atoms with van der Waals surface area (Å²) < 4.78 is 0. The third kappa shape index (κ3) is 6.21.